The maximum atomic E-state index is 9.98. The standard InChI is InChI=1S/C4H3N3O2.K/c8-4(9)3-1-5-7-6-2-3;/h1-2H,(H,8,9);/q;+1/p-1. The first-order valence-electron chi connectivity index (χ1n) is 2.15. The van der Waals surface area contributed by atoms with Crippen molar-refractivity contribution in [1.82, 2.24) is 15.4 Å². The average Bonchev–Trinajstić information content (AvgIpc) is 1.90. The molecule has 0 fully saturated rings. The second-order valence-electron chi connectivity index (χ2n) is 1.32. The fourth-order valence-electron chi connectivity index (χ4n) is 0.345. The van der Waals surface area contributed by atoms with Crippen molar-refractivity contribution >= 4 is 5.97 Å². The molecule has 0 aliphatic rings. The summed E-state index contributed by atoms with van der Waals surface area (Å²) in [4.78, 5) is 9.98. The van der Waals surface area contributed by atoms with E-state index in [0.29, 0.717) is 0 Å². The van der Waals surface area contributed by atoms with E-state index < -0.39 is 5.97 Å². The Bertz CT molecular complexity index is 215. The van der Waals surface area contributed by atoms with Crippen molar-refractivity contribution < 1.29 is 61.3 Å². The Morgan fingerprint density at radius 2 is 1.90 bits per heavy atom. The van der Waals surface area contributed by atoms with Gasteiger partial charge in [0.2, 0.25) is 0 Å². The first-order valence-corrected chi connectivity index (χ1v) is 2.15. The molecule has 0 amide bonds. The van der Waals surface area contributed by atoms with Crippen molar-refractivity contribution in [3.05, 3.63) is 18.0 Å². The number of hydrogen-bond donors (Lipinski definition) is 0. The molecule has 0 saturated carbocycles. The van der Waals surface area contributed by atoms with Crippen LogP contribution in [-0.4, -0.2) is 21.4 Å². The van der Waals surface area contributed by atoms with Gasteiger partial charge in [-0.05, 0) is 5.21 Å². The van der Waals surface area contributed by atoms with E-state index in [1.807, 2.05) is 0 Å². The van der Waals surface area contributed by atoms with E-state index in [4.69, 9.17) is 0 Å². The second kappa shape index (κ2) is 4.86. The quantitative estimate of drug-likeness (QED) is 0.388. The number of nitrogens with zero attached hydrogens (tertiary/aromatic N) is 3. The number of rotatable bonds is 1. The summed E-state index contributed by atoms with van der Waals surface area (Å²) in [5.41, 5.74) is -0.0648. The summed E-state index contributed by atoms with van der Waals surface area (Å²) in [6, 6.07) is 0. The van der Waals surface area contributed by atoms with Crippen LogP contribution in [0.2, 0.25) is 0 Å². The monoisotopic (exact) mass is 163 g/mol. The Kier molecular flexibility index (Phi) is 4.92. The fourth-order valence-corrected chi connectivity index (χ4v) is 0.345. The van der Waals surface area contributed by atoms with Gasteiger partial charge in [0.1, 0.15) is 0 Å². The van der Waals surface area contributed by atoms with Crippen LogP contribution in [0, 0.1) is 0 Å². The molecule has 0 spiro atoms. The molecule has 0 aliphatic heterocycles. The molecule has 0 atom stereocenters. The number of aromatic carboxylic acids is 1. The van der Waals surface area contributed by atoms with Crippen LogP contribution in [0.4, 0.5) is 0 Å². The van der Waals surface area contributed by atoms with Crippen LogP contribution < -0.4 is 56.5 Å². The van der Waals surface area contributed by atoms with E-state index in [9.17, 15) is 9.90 Å². The van der Waals surface area contributed by atoms with Gasteiger partial charge in [-0.15, -0.1) is 10.2 Å². The van der Waals surface area contributed by atoms with Gasteiger partial charge in [-0.1, -0.05) is 0 Å². The van der Waals surface area contributed by atoms with Crippen molar-refractivity contribution in [1.29, 1.82) is 0 Å². The van der Waals surface area contributed by atoms with Gasteiger partial charge in [-0.3, -0.25) is 0 Å². The number of carbonyl (C=O) groups excluding carboxylic acids is 1. The molecule has 1 heterocycles. The molecule has 0 aliphatic carbocycles. The van der Waals surface area contributed by atoms with Crippen LogP contribution in [-0.2, 0) is 0 Å². The maximum absolute atomic E-state index is 9.98. The minimum Gasteiger partial charge on any atom is -0.545 e. The Hall–Kier alpha value is 0.116. The van der Waals surface area contributed by atoms with E-state index in [-0.39, 0.29) is 56.9 Å². The molecule has 0 radical (unpaired) electrons. The molecular formula is C4H2KN3O2. The van der Waals surface area contributed by atoms with Crippen molar-refractivity contribution in [3.8, 4) is 0 Å². The number of carboxylic acid groups (broad SMARTS) is 1. The van der Waals surface area contributed by atoms with E-state index >= 15 is 0 Å². The number of carboxylic acids is 1. The van der Waals surface area contributed by atoms with Gasteiger partial charge in [0, 0.05) is 5.56 Å². The molecule has 10 heavy (non-hydrogen) atoms. The molecule has 1 aromatic rings. The third-order valence-electron chi connectivity index (χ3n) is 0.733. The summed E-state index contributed by atoms with van der Waals surface area (Å²) in [6.07, 6.45) is 2.14. The van der Waals surface area contributed by atoms with E-state index in [1.54, 1.807) is 0 Å². The van der Waals surface area contributed by atoms with Gasteiger partial charge in [0.15, 0.2) is 0 Å². The normalized spacial score (nSPS) is 8.00. The van der Waals surface area contributed by atoms with Crippen LogP contribution in [0.25, 0.3) is 0 Å². The molecule has 46 valence electrons. The van der Waals surface area contributed by atoms with E-state index in [2.05, 4.69) is 15.4 Å². The molecule has 5 nitrogen and oxygen atoms in total. The number of aromatic nitrogens is 3. The zero-order chi connectivity index (χ0) is 6.69. The van der Waals surface area contributed by atoms with Gasteiger partial charge in [0.05, 0.1) is 18.4 Å². The fraction of sp³-hybridized carbons (Fsp3) is 0. The van der Waals surface area contributed by atoms with Crippen LogP contribution in [0.5, 0.6) is 0 Å². The molecule has 0 N–H and O–H groups in total. The second-order valence-corrected chi connectivity index (χ2v) is 1.32. The van der Waals surface area contributed by atoms with Crippen molar-refractivity contribution in [2.45, 2.75) is 0 Å². The summed E-state index contributed by atoms with van der Waals surface area (Å²) in [5, 5.41) is 19.6. The van der Waals surface area contributed by atoms with Gasteiger partial charge in [-0.2, -0.15) is 0 Å². The van der Waals surface area contributed by atoms with Crippen LogP contribution in [0.15, 0.2) is 12.4 Å². The van der Waals surface area contributed by atoms with Crippen LogP contribution in [0.1, 0.15) is 10.4 Å². The van der Waals surface area contributed by atoms with Gasteiger partial charge < -0.3 is 9.90 Å². The largest absolute Gasteiger partial charge is 1.00 e. The molecular weight excluding hydrogens is 161 g/mol. The summed E-state index contributed by atoms with van der Waals surface area (Å²) >= 11 is 0. The van der Waals surface area contributed by atoms with E-state index in [0.717, 1.165) is 12.4 Å². The van der Waals surface area contributed by atoms with Crippen molar-refractivity contribution in [3.63, 3.8) is 0 Å². The summed E-state index contributed by atoms with van der Waals surface area (Å²) in [6.45, 7) is 0. The van der Waals surface area contributed by atoms with Crippen molar-refractivity contribution in [2.75, 3.05) is 0 Å². The predicted octanol–water partition coefficient (Wildman–Crippen LogP) is -4.76. The van der Waals surface area contributed by atoms with Gasteiger partial charge in [-0.25, -0.2) is 0 Å². The summed E-state index contributed by atoms with van der Waals surface area (Å²) in [7, 11) is 0. The first-order chi connectivity index (χ1) is 4.30. The molecule has 0 unspecified atom stereocenters. The SMILES string of the molecule is O=C([O-])c1cnnnc1.[K+]. The third kappa shape index (κ3) is 2.80. The first kappa shape index (κ1) is 10.1. The van der Waals surface area contributed by atoms with Crippen LogP contribution in [0.3, 0.4) is 0 Å². The summed E-state index contributed by atoms with van der Waals surface area (Å²) in [5.74, 6) is -1.29. The van der Waals surface area contributed by atoms with E-state index in [1.165, 1.54) is 0 Å². The number of hydrogen-bond acceptors (Lipinski definition) is 5. The molecule has 0 bridgehead atoms. The Balaban J connectivity index is 0.000000810. The predicted molar refractivity (Wildman–Crippen MR) is 24.2 cm³/mol. The third-order valence-corrected chi connectivity index (χ3v) is 0.733. The Morgan fingerprint density at radius 1 is 1.40 bits per heavy atom. The Morgan fingerprint density at radius 3 is 2.20 bits per heavy atom. The topological polar surface area (TPSA) is 78.8 Å². The molecule has 1 aromatic heterocycles. The maximum Gasteiger partial charge on any atom is 1.00 e. The molecule has 0 saturated heterocycles. The smallest absolute Gasteiger partial charge is 0.545 e. The van der Waals surface area contributed by atoms with Crippen LogP contribution >= 0.6 is 0 Å². The van der Waals surface area contributed by atoms with Crippen molar-refractivity contribution in [2.24, 2.45) is 0 Å². The van der Waals surface area contributed by atoms with Gasteiger partial charge >= 0.3 is 51.4 Å². The average molecular weight is 163 g/mol. The molecule has 0 aromatic carbocycles. The van der Waals surface area contributed by atoms with Gasteiger partial charge in [0.25, 0.3) is 0 Å². The zero-order valence-electron chi connectivity index (χ0n) is 5.31. The molecule has 6 heteroatoms. The minimum absolute atomic E-state index is 0. The minimum atomic E-state index is -1.29. The number of carbonyl (C=O) groups is 1. The molecule has 1 rings (SSSR count). The Labute approximate surface area is 99.3 Å². The summed E-state index contributed by atoms with van der Waals surface area (Å²) < 4.78 is 0. The zero-order valence-corrected chi connectivity index (χ0v) is 8.44.